The molecule has 2 heteroatoms. The number of rotatable bonds is 7. The van der Waals surface area contributed by atoms with Crippen LogP contribution < -0.4 is 0 Å². The minimum Gasteiger partial charge on any atom is -0.166 e. The van der Waals surface area contributed by atoms with Gasteiger partial charge in [0.05, 0.1) is 0 Å². The van der Waals surface area contributed by atoms with E-state index in [0.717, 1.165) is 6.04 Å². The molecule has 0 aromatic heterocycles. The molecule has 0 radical (unpaired) electrons. The number of hydrogen-bond donors (Lipinski definition) is 0. The highest BCUT2D eigenvalue weighted by Gasteiger charge is 2.57. The lowest BCUT2D eigenvalue weighted by molar-refractivity contribution is 0.457. The van der Waals surface area contributed by atoms with E-state index < -0.39 is 7.38 Å². The van der Waals surface area contributed by atoms with Crippen LogP contribution in [0.3, 0.4) is 0 Å². The van der Waals surface area contributed by atoms with Gasteiger partial charge in [-0.05, 0) is 21.7 Å². The van der Waals surface area contributed by atoms with Crippen molar-refractivity contribution in [2.45, 2.75) is 76.9 Å². The van der Waals surface area contributed by atoms with Crippen LogP contribution >= 0.6 is 11.1 Å². The minimum atomic E-state index is -2.00. The van der Waals surface area contributed by atoms with Gasteiger partial charge in [-0.2, -0.15) is 11.1 Å². The average Bonchev–Trinajstić information content (AvgIpc) is 2.49. The van der Waals surface area contributed by atoms with Crippen molar-refractivity contribution in [1.29, 1.82) is 0 Å². The van der Waals surface area contributed by atoms with Crippen LogP contribution in [-0.4, -0.2) is 7.38 Å². The molecule has 0 N–H and O–H groups in total. The van der Waals surface area contributed by atoms with Gasteiger partial charge in [0.2, 0.25) is 0 Å². The van der Waals surface area contributed by atoms with Crippen LogP contribution in [0.15, 0.2) is 30.3 Å². The van der Waals surface area contributed by atoms with Gasteiger partial charge >= 0.3 is 0 Å². The molecule has 0 fully saturated rings. The topological polar surface area (TPSA) is 0 Å². The summed E-state index contributed by atoms with van der Waals surface area (Å²) in [6, 6.07) is 12.0. The number of halogens is 1. The van der Waals surface area contributed by atoms with Crippen LogP contribution in [0.25, 0.3) is 0 Å². The second kappa shape index (κ2) is 6.66. The van der Waals surface area contributed by atoms with E-state index in [4.69, 9.17) is 11.1 Å². The summed E-state index contributed by atoms with van der Waals surface area (Å²) in [6.07, 6.45) is 3.58. The van der Waals surface area contributed by atoms with Gasteiger partial charge in [0.1, 0.15) is 0 Å². The first kappa shape index (κ1) is 17.8. The summed E-state index contributed by atoms with van der Waals surface area (Å²) in [6.45, 7) is 14.0. The van der Waals surface area contributed by atoms with E-state index in [1.54, 1.807) is 0 Å². The molecule has 114 valence electrons. The molecule has 1 aromatic carbocycles. The fourth-order valence-electron chi connectivity index (χ4n) is 4.15. The third kappa shape index (κ3) is 2.59. The minimum absolute atomic E-state index is 0.0899. The molecule has 20 heavy (non-hydrogen) atoms. The van der Waals surface area contributed by atoms with Crippen molar-refractivity contribution < 1.29 is 0 Å². The lowest BCUT2D eigenvalue weighted by Gasteiger charge is -2.53. The van der Waals surface area contributed by atoms with Gasteiger partial charge in [0.25, 0.3) is 0 Å². The second-order valence-electron chi connectivity index (χ2n) is 6.49. The molecule has 0 saturated carbocycles. The fraction of sp³-hybridized carbons (Fsp3) is 0.667. The van der Waals surface area contributed by atoms with Crippen molar-refractivity contribution in [1.82, 2.24) is 0 Å². The maximum atomic E-state index is 7.51. The molecule has 1 unspecified atom stereocenters. The summed E-state index contributed by atoms with van der Waals surface area (Å²) in [5.41, 5.74) is 1.41. The zero-order valence-corrected chi connectivity index (χ0v) is 15.8. The molecule has 0 saturated heterocycles. The van der Waals surface area contributed by atoms with Crippen LogP contribution in [0.5, 0.6) is 0 Å². The molecule has 0 heterocycles. The van der Waals surface area contributed by atoms with Crippen LogP contribution in [0.4, 0.5) is 0 Å². The zero-order chi connectivity index (χ0) is 15.4. The Bertz CT molecular complexity index is 400. The summed E-state index contributed by atoms with van der Waals surface area (Å²) in [5, 5.41) is 0.412. The van der Waals surface area contributed by atoms with E-state index in [-0.39, 0.29) is 5.04 Å². The first-order valence-electron chi connectivity index (χ1n) is 8.09. The third-order valence-corrected chi connectivity index (χ3v) is 15.3. The quantitative estimate of drug-likeness (QED) is 0.389. The van der Waals surface area contributed by atoms with Crippen molar-refractivity contribution in [2.75, 3.05) is 0 Å². The van der Waals surface area contributed by atoms with Crippen LogP contribution in [0.1, 0.15) is 66.4 Å². The Morgan fingerprint density at radius 1 is 0.900 bits per heavy atom. The number of hydrogen-bond acceptors (Lipinski definition) is 0. The van der Waals surface area contributed by atoms with Crippen molar-refractivity contribution in [2.24, 2.45) is 0 Å². The zero-order valence-electron chi connectivity index (χ0n) is 14.1. The molecule has 1 aromatic rings. The van der Waals surface area contributed by atoms with Crippen molar-refractivity contribution in [3.63, 3.8) is 0 Å². The normalized spacial score (nSPS) is 15.9. The number of benzene rings is 1. The maximum absolute atomic E-state index is 7.51. The van der Waals surface area contributed by atoms with Crippen molar-refractivity contribution in [3.8, 4) is 0 Å². The molecule has 1 rings (SSSR count). The van der Waals surface area contributed by atoms with Gasteiger partial charge in [0.15, 0.2) is 7.38 Å². The molecule has 0 aliphatic carbocycles. The maximum Gasteiger partial charge on any atom is 0.172 e. The Kier molecular flexibility index (Phi) is 5.92. The highest BCUT2D eigenvalue weighted by atomic mass is 35.6. The predicted octanol–water partition coefficient (Wildman–Crippen LogP) is 6.68. The Morgan fingerprint density at radius 2 is 1.35 bits per heavy atom. The summed E-state index contributed by atoms with van der Waals surface area (Å²) in [5.74, 6) is 0. The van der Waals surface area contributed by atoms with Gasteiger partial charge in [0, 0.05) is 0 Å². The molecule has 0 spiro atoms. The van der Waals surface area contributed by atoms with E-state index in [9.17, 15) is 0 Å². The first-order chi connectivity index (χ1) is 9.35. The molecule has 0 nitrogen and oxygen atoms in total. The highest BCUT2D eigenvalue weighted by Crippen LogP contribution is 2.59. The van der Waals surface area contributed by atoms with Crippen molar-refractivity contribution >= 4 is 18.5 Å². The molecule has 0 bridgehead atoms. The molecule has 0 aliphatic rings. The summed E-state index contributed by atoms with van der Waals surface area (Å²) < 4.78 is 0. The lowest BCUT2D eigenvalue weighted by atomic mass is 9.98. The van der Waals surface area contributed by atoms with E-state index in [2.05, 4.69) is 71.9 Å². The molecular weight excluding hydrogens is 280 g/mol. The predicted molar refractivity (Wildman–Crippen MR) is 95.1 cm³/mol. The van der Waals surface area contributed by atoms with Gasteiger partial charge in [-0.15, -0.1) is 0 Å². The Balaban J connectivity index is 3.42. The Labute approximate surface area is 131 Å². The molecule has 1 atom stereocenters. The molecule has 0 aliphatic heterocycles. The van der Waals surface area contributed by atoms with Crippen LogP contribution in [-0.2, 0) is 5.04 Å². The van der Waals surface area contributed by atoms with Crippen LogP contribution in [0.2, 0.25) is 11.1 Å². The van der Waals surface area contributed by atoms with E-state index >= 15 is 0 Å². The van der Waals surface area contributed by atoms with E-state index in [1.165, 1.54) is 24.8 Å². The van der Waals surface area contributed by atoms with E-state index in [1.807, 2.05) is 0 Å². The standard InChI is InChI=1S/C18H31ClSi/c1-7-18(8-2,9-3)20(19,10-4)17(5,6)16-14-12-11-13-15-16/h11-15H,7-10H2,1-6H3. The smallest absolute Gasteiger partial charge is 0.166 e. The average molecular weight is 311 g/mol. The summed E-state index contributed by atoms with van der Waals surface area (Å²) >= 11 is 7.51. The third-order valence-electron chi connectivity index (χ3n) is 5.84. The molecular formula is C18H31ClSi. The SMILES string of the molecule is CCC(CC)(CC)[Si](Cl)(CC)C(C)(C)c1ccccc1. The van der Waals surface area contributed by atoms with Gasteiger partial charge in [-0.1, -0.05) is 91.1 Å². The largest absolute Gasteiger partial charge is 0.172 e. The highest BCUT2D eigenvalue weighted by molar-refractivity contribution is 7.23. The van der Waals surface area contributed by atoms with Gasteiger partial charge in [-0.3, -0.25) is 0 Å². The summed E-state index contributed by atoms with van der Waals surface area (Å²) in [7, 11) is -2.00. The van der Waals surface area contributed by atoms with Crippen molar-refractivity contribution in [3.05, 3.63) is 35.9 Å². The fourth-order valence-corrected chi connectivity index (χ4v) is 10.9. The summed E-state index contributed by atoms with van der Waals surface area (Å²) in [4.78, 5) is 0. The van der Waals surface area contributed by atoms with Gasteiger partial charge < -0.3 is 0 Å². The van der Waals surface area contributed by atoms with Gasteiger partial charge in [-0.25, -0.2) is 0 Å². The monoisotopic (exact) mass is 310 g/mol. The Hall–Kier alpha value is -0.273. The molecule has 0 amide bonds. The first-order valence-corrected chi connectivity index (χ1v) is 11.3. The lowest BCUT2D eigenvalue weighted by Crippen LogP contribution is -2.56. The Morgan fingerprint density at radius 3 is 1.70 bits per heavy atom. The van der Waals surface area contributed by atoms with Crippen LogP contribution in [0, 0.1) is 0 Å². The van der Waals surface area contributed by atoms with E-state index in [0.29, 0.717) is 5.04 Å². The second-order valence-corrected chi connectivity index (χ2v) is 13.0.